The Morgan fingerprint density at radius 3 is 2.67 bits per heavy atom. The maximum absolute atomic E-state index is 11.0. The SMILES string of the molecule is CCCC/C=C/CCC[C@@H]1C=CC(=O)C1. The number of carbonyl (C=O) groups excluding carboxylic acids is 1. The van der Waals surface area contributed by atoms with Crippen molar-refractivity contribution in [3.8, 4) is 0 Å². The summed E-state index contributed by atoms with van der Waals surface area (Å²) in [6.45, 7) is 2.22. The molecule has 1 aliphatic rings. The molecule has 1 rings (SSSR count). The minimum absolute atomic E-state index is 0.304. The van der Waals surface area contributed by atoms with Crippen LogP contribution in [0.1, 0.15) is 51.9 Å². The lowest BCUT2D eigenvalue weighted by atomic mass is 10.0. The van der Waals surface area contributed by atoms with Crippen molar-refractivity contribution in [2.75, 3.05) is 0 Å². The lowest BCUT2D eigenvalue weighted by molar-refractivity contribution is -0.114. The van der Waals surface area contributed by atoms with E-state index < -0.39 is 0 Å². The monoisotopic (exact) mass is 206 g/mol. The van der Waals surface area contributed by atoms with Crippen molar-refractivity contribution in [3.05, 3.63) is 24.3 Å². The molecule has 15 heavy (non-hydrogen) atoms. The van der Waals surface area contributed by atoms with Crippen LogP contribution in [-0.2, 0) is 4.79 Å². The Hall–Kier alpha value is -0.850. The zero-order valence-corrected chi connectivity index (χ0v) is 9.74. The van der Waals surface area contributed by atoms with Crippen molar-refractivity contribution in [2.24, 2.45) is 5.92 Å². The molecule has 0 bridgehead atoms. The fraction of sp³-hybridized carbons (Fsp3) is 0.643. The Morgan fingerprint density at radius 2 is 2.07 bits per heavy atom. The number of unbranched alkanes of at least 4 members (excludes halogenated alkanes) is 3. The molecule has 0 aliphatic heterocycles. The van der Waals surface area contributed by atoms with Gasteiger partial charge in [0.1, 0.15) is 0 Å². The van der Waals surface area contributed by atoms with Crippen LogP contribution in [0, 0.1) is 5.92 Å². The molecule has 0 aromatic carbocycles. The Labute approximate surface area is 93.3 Å². The third kappa shape index (κ3) is 5.56. The van der Waals surface area contributed by atoms with Crippen molar-refractivity contribution < 1.29 is 4.79 Å². The first kappa shape index (κ1) is 12.2. The molecule has 1 nitrogen and oxygen atoms in total. The second kappa shape index (κ2) is 7.44. The van der Waals surface area contributed by atoms with Gasteiger partial charge < -0.3 is 0 Å². The summed E-state index contributed by atoms with van der Waals surface area (Å²) in [6.07, 6.45) is 16.5. The molecule has 0 N–H and O–H groups in total. The smallest absolute Gasteiger partial charge is 0.155 e. The van der Waals surface area contributed by atoms with Crippen LogP contribution in [0.2, 0.25) is 0 Å². The van der Waals surface area contributed by atoms with Gasteiger partial charge in [-0.15, -0.1) is 0 Å². The van der Waals surface area contributed by atoms with Crippen LogP contribution in [0.3, 0.4) is 0 Å². The number of hydrogen-bond donors (Lipinski definition) is 0. The topological polar surface area (TPSA) is 17.1 Å². The number of hydrogen-bond acceptors (Lipinski definition) is 1. The number of carbonyl (C=O) groups is 1. The summed E-state index contributed by atoms with van der Waals surface area (Å²) >= 11 is 0. The third-order valence-corrected chi connectivity index (χ3v) is 2.85. The molecule has 0 unspecified atom stereocenters. The summed E-state index contributed by atoms with van der Waals surface area (Å²) in [4.78, 5) is 11.0. The molecule has 0 aromatic heterocycles. The van der Waals surface area contributed by atoms with Gasteiger partial charge in [0.2, 0.25) is 0 Å². The molecule has 0 radical (unpaired) electrons. The molecule has 0 heterocycles. The van der Waals surface area contributed by atoms with E-state index >= 15 is 0 Å². The average molecular weight is 206 g/mol. The highest BCUT2D eigenvalue weighted by Gasteiger charge is 2.14. The Kier molecular flexibility index (Phi) is 6.06. The van der Waals surface area contributed by atoms with Crippen molar-refractivity contribution in [1.29, 1.82) is 0 Å². The van der Waals surface area contributed by atoms with Crippen LogP contribution in [0.4, 0.5) is 0 Å². The quantitative estimate of drug-likeness (QED) is 0.453. The second-order valence-electron chi connectivity index (χ2n) is 4.33. The van der Waals surface area contributed by atoms with Crippen LogP contribution in [-0.4, -0.2) is 5.78 Å². The zero-order valence-electron chi connectivity index (χ0n) is 9.74. The number of allylic oxidation sites excluding steroid dienone is 4. The summed E-state index contributed by atoms with van der Waals surface area (Å²) in [7, 11) is 0. The number of rotatable bonds is 7. The molecule has 0 saturated carbocycles. The molecule has 1 aliphatic carbocycles. The van der Waals surface area contributed by atoms with E-state index in [9.17, 15) is 4.79 Å². The summed E-state index contributed by atoms with van der Waals surface area (Å²) in [5.74, 6) is 0.833. The largest absolute Gasteiger partial charge is 0.295 e. The van der Waals surface area contributed by atoms with Crippen molar-refractivity contribution in [1.82, 2.24) is 0 Å². The van der Waals surface area contributed by atoms with E-state index in [0.717, 1.165) is 6.42 Å². The average Bonchev–Trinajstić information content (AvgIpc) is 2.63. The molecular weight excluding hydrogens is 184 g/mol. The maximum atomic E-state index is 11.0. The van der Waals surface area contributed by atoms with Gasteiger partial charge in [0.05, 0.1) is 0 Å². The molecule has 1 atom stereocenters. The molecule has 0 saturated heterocycles. The molecule has 0 amide bonds. The van der Waals surface area contributed by atoms with Crippen molar-refractivity contribution in [2.45, 2.75) is 51.9 Å². The van der Waals surface area contributed by atoms with Gasteiger partial charge in [-0.1, -0.05) is 38.0 Å². The molecule has 84 valence electrons. The van der Waals surface area contributed by atoms with Crippen LogP contribution in [0.25, 0.3) is 0 Å². The van der Waals surface area contributed by atoms with Gasteiger partial charge in [-0.2, -0.15) is 0 Å². The van der Waals surface area contributed by atoms with Crippen molar-refractivity contribution >= 4 is 5.78 Å². The van der Waals surface area contributed by atoms with Gasteiger partial charge in [-0.05, 0) is 37.7 Å². The standard InChI is InChI=1S/C14H22O/c1-2-3-4-5-6-7-8-9-13-10-11-14(15)12-13/h5-6,10-11,13H,2-4,7-9,12H2,1H3/b6-5+/t13-/m1/s1. The maximum Gasteiger partial charge on any atom is 0.155 e. The van der Waals surface area contributed by atoms with Gasteiger partial charge in [0, 0.05) is 6.42 Å². The summed E-state index contributed by atoms with van der Waals surface area (Å²) in [6, 6.07) is 0. The normalized spacial score (nSPS) is 20.6. The molecular formula is C14H22O. The lowest BCUT2D eigenvalue weighted by Gasteiger charge is -2.03. The summed E-state index contributed by atoms with van der Waals surface area (Å²) in [5.41, 5.74) is 0. The third-order valence-electron chi connectivity index (χ3n) is 2.85. The first-order valence-electron chi connectivity index (χ1n) is 6.19. The van der Waals surface area contributed by atoms with Crippen LogP contribution in [0.5, 0.6) is 0 Å². The van der Waals surface area contributed by atoms with E-state index in [1.165, 1.54) is 38.5 Å². The van der Waals surface area contributed by atoms with E-state index in [1.807, 2.05) is 0 Å². The van der Waals surface area contributed by atoms with Crippen LogP contribution >= 0.6 is 0 Å². The predicted octanol–water partition coefficient (Wildman–Crippen LogP) is 4.05. The molecule has 0 spiro atoms. The summed E-state index contributed by atoms with van der Waals surface area (Å²) < 4.78 is 0. The van der Waals surface area contributed by atoms with Crippen molar-refractivity contribution in [3.63, 3.8) is 0 Å². The Bertz CT molecular complexity index is 238. The van der Waals surface area contributed by atoms with Gasteiger partial charge in [-0.3, -0.25) is 4.79 Å². The minimum Gasteiger partial charge on any atom is -0.295 e. The molecule has 0 aromatic rings. The van der Waals surface area contributed by atoms with E-state index in [2.05, 4.69) is 25.2 Å². The Morgan fingerprint density at radius 1 is 1.33 bits per heavy atom. The van der Waals surface area contributed by atoms with Crippen LogP contribution in [0.15, 0.2) is 24.3 Å². The fourth-order valence-corrected chi connectivity index (χ4v) is 1.89. The predicted molar refractivity (Wildman–Crippen MR) is 64.8 cm³/mol. The second-order valence-corrected chi connectivity index (χ2v) is 4.33. The van der Waals surface area contributed by atoms with E-state index in [-0.39, 0.29) is 0 Å². The first-order chi connectivity index (χ1) is 7.33. The van der Waals surface area contributed by atoms with Gasteiger partial charge >= 0.3 is 0 Å². The highest BCUT2D eigenvalue weighted by atomic mass is 16.1. The Balaban J connectivity index is 1.95. The van der Waals surface area contributed by atoms with Crippen LogP contribution < -0.4 is 0 Å². The zero-order chi connectivity index (χ0) is 10.9. The minimum atomic E-state index is 0.304. The van der Waals surface area contributed by atoms with Gasteiger partial charge in [0.25, 0.3) is 0 Å². The highest BCUT2D eigenvalue weighted by molar-refractivity contribution is 5.92. The molecule has 1 heteroatoms. The molecule has 0 fully saturated rings. The van der Waals surface area contributed by atoms with E-state index in [1.54, 1.807) is 6.08 Å². The van der Waals surface area contributed by atoms with E-state index in [0.29, 0.717) is 11.7 Å². The number of ketones is 1. The lowest BCUT2D eigenvalue weighted by Crippen LogP contribution is -1.95. The first-order valence-corrected chi connectivity index (χ1v) is 6.19. The fourth-order valence-electron chi connectivity index (χ4n) is 1.89. The van der Waals surface area contributed by atoms with Gasteiger partial charge in [0.15, 0.2) is 5.78 Å². The van der Waals surface area contributed by atoms with Gasteiger partial charge in [-0.25, -0.2) is 0 Å². The van der Waals surface area contributed by atoms with E-state index in [4.69, 9.17) is 0 Å². The summed E-state index contributed by atoms with van der Waals surface area (Å²) in [5, 5.41) is 0. The highest BCUT2D eigenvalue weighted by Crippen LogP contribution is 2.20.